The van der Waals surface area contributed by atoms with Crippen LogP contribution in [-0.2, 0) is 4.74 Å². The first-order valence-electron chi connectivity index (χ1n) is 5.02. The van der Waals surface area contributed by atoms with E-state index < -0.39 is 6.61 Å². The fourth-order valence-electron chi connectivity index (χ4n) is 1.68. The summed E-state index contributed by atoms with van der Waals surface area (Å²) in [5.41, 5.74) is 0.226. The Hall–Kier alpha value is -0.220. The number of halogens is 2. The number of hydrogen-bond acceptors (Lipinski definition) is 2. The van der Waals surface area contributed by atoms with Crippen molar-refractivity contribution >= 4 is 0 Å². The zero-order valence-electron chi connectivity index (χ0n) is 9.09. The molecule has 1 aliphatic heterocycles. The van der Waals surface area contributed by atoms with Crippen LogP contribution in [0.3, 0.4) is 0 Å². The molecule has 0 aromatic carbocycles. The average molecular weight is 207 g/mol. The van der Waals surface area contributed by atoms with Gasteiger partial charge in [0.2, 0.25) is 0 Å². The minimum atomic E-state index is -2.63. The Kier molecular flexibility index (Phi) is 3.84. The van der Waals surface area contributed by atoms with Crippen LogP contribution in [0.2, 0.25) is 0 Å². The summed E-state index contributed by atoms with van der Waals surface area (Å²) in [5, 5.41) is 0. The van der Waals surface area contributed by atoms with Gasteiger partial charge in [-0.2, -0.15) is 8.78 Å². The number of ether oxygens (including phenoxy) is 1. The van der Waals surface area contributed by atoms with Crippen molar-refractivity contribution in [1.82, 2.24) is 4.90 Å². The lowest BCUT2D eigenvalue weighted by atomic mass is 9.92. The van der Waals surface area contributed by atoms with Crippen LogP contribution in [0.25, 0.3) is 0 Å². The van der Waals surface area contributed by atoms with Gasteiger partial charge in [0, 0.05) is 19.1 Å². The van der Waals surface area contributed by atoms with Crippen molar-refractivity contribution < 1.29 is 13.5 Å². The second kappa shape index (κ2) is 4.53. The topological polar surface area (TPSA) is 12.5 Å². The fraction of sp³-hybridized carbons (Fsp3) is 1.00. The van der Waals surface area contributed by atoms with E-state index in [1.807, 2.05) is 0 Å². The Morgan fingerprint density at radius 2 is 2.07 bits per heavy atom. The van der Waals surface area contributed by atoms with E-state index in [0.717, 1.165) is 19.5 Å². The van der Waals surface area contributed by atoms with E-state index in [1.54, 1.807) is 0 Å². The summed E-state index contributed by atoms with van der Waals surface area (Å²) in [6.07, 6.45) is 0.975. The molecule has 0 aromatic heterocycles. The molecule has 1 aliphatic rings. The van der Waals surface area contributed by atoms with Gasteiger partial charge in [-0.05, 0) is 11.8 Å². The van der Waals surface area contributed by atoms with Gasteiger partial charge in [0.1, 0.15) is 0 Å². The monoisotopic (exact) mass is 207 g/mol. The summed E-state index contributed by atoms with van der Waals surface area (Å²) in [4.78, 5) is 2.21. The Morgan fingerprint density at radius 1 is 1.43 bits per heavy atom. The largest absolute Gasteiger partial charge is 0.345 e. The predicted molar refractivity (Wildman–Crippen MR) is 51.4 cm³/mol. The van der Waals surface area contributed by atoms with Crippen LogP contribution in [0.15, 0.2) is 0 Å². The Labute approximate surface area is 84.2 Å². The number of alkyl halides is 2. The van der Waals surface area contributed by atoms with E-state index >= 15 is 0 Å². The van der Waals surface area contributed by atoms with Crippen LogP contribution in [0.1, 0.15) is 27.2 Å². The normalized spacial score (nSPS) is 24.0. The molecule has 1 fully saturated rings. The highest BCUT2D eigenvalue weighted by Crippen LogP contribution is 2.24. The Bertz CT molecular complexity index is 179. The van der Waals surface area contributed by atoms with Crippen LogP contribution >= 0.6 is 0 Å². The van der Waals surface area contributed by atoms with Crippen molar-refractivity contribution in [2.45, 2.75) is 39.8 Å². The van der Waals surface area contributed by atoms with Crippen LogP contribution in [0.4, 0.5) is 8.78 Å². The summed E-state index contributed by atoms with van der Waals surface area (Å²) >= 11 is 0. The summed E-state index contributed by atoms with van der Waals surface area (Å²) in [6.45, 7) is 5.93. The van der Waals surface area contributed by atoms with Crippen molar-refractivity contribution in [2.75, 3.05) is 19.7 Å². The lowest BCUT2D eigenvalue weighted by Gasteiger charge is -2.44. The molecule has 1 atom stereocenters. The molecule has 1 unspecified atom stereocenters. The third kappa shape index (κ3) is 3.88. The van der Waals surface area contributed by atoms with Crippen molar-refractivity contribution in [2.24, 2.45) is 5.41 Å². The first kappa shape index (κ1) is 11.9. The zero-order valence-corrected chi connectivity index (χ0v) is 9.09. The van der Waals surface area contributed by atoms with Crippen LogP contribution < -0.4 is 0 Å². The first-order valence-corrected chi connectivity index (χ1v) is 5.02. The molecule has 0 bridgehead atoms. The van der Waals surface area contributed by atoms with Crippen molar-refractivity contribution in [1.29, 1.82) is 0 Å². The summed E-state index contributed by atoms with van der Waals surface area (Å²) in [6, 6.07) is 0.197. The van der Waals surface area contributed by atoms with Gasteiger partial charge >= 0.3 is 6.61 Å². The fourth-order valence-corrected chi connectivity index (χ4v) is 1.68. The van der Waals surface area contributed by atoms with Gasteiger partial charge in [-0.1, -0.05) is 20.8 Å². The minimum Gasteiger partial charge on any atom is -0.321 e. The molecule has 0 radical (unpaired) electrons. The van der Waals surface area contributed by atoms with Gasteiger partial charge in [-0.15, -0.1) is 0 Å². The Morgan fingerprint density at radius 3 is 2.43 bits per heavy atom. The van der Waals surface area contributed by atoms with Gasteiger partial charge in [0.25, 0.3) is 0 Å². The predicted octanol–water partition coefficient (Wildman–Crippen LogP) is 2.35. The van der Waals surface area contributed by atoms with Crippen molar-refractivity contribution in [3.05, 3.63) is 0 Å². The van der Waals surface area contributed by atoms with Crippen molar-refractivity contribution in [3.63, 3.8) is 0 Å². The molecule has 0 N–H and O–H groups in total. The van der Waals surface area contributed by atoms with Gasteiger partial charge < -0.3 is 4.74 Å². The minimum absolute atomic E-state index is 0.160. The maximum absolute atomic E-state index is 11.8. The van der Waals surface area contributed by atoms with E-state index in [2.05, 4.69) is 30.4 Å². The van der Waals surface area contributed by atoms with Gasteiger partial charge in [-0.3, -0.25) is 4.90 Å². The zero-order chi connectivity index (χ0) is 10.8. The van der Waals surface area contributed by atoms with Crippen LogP contribution in [0, 0.1) is 5.41 Å². The molecular formula is C10H19F2NO. The smallest absolute Gasteiger partial charge is 0.321 e. The molecule has 84 valence electrons. The maximum atomic E-state index is 11.8. The van der Waals surface area contributed by atoms with Gasteiger partial charge in [-0.25, -0.2) is 0 Å². The molecule has 0 aromatic rings. The molecule has 0 saturated carbocycles. The van der Waals surface area contributed by atoms with Crippen LogP contribution in [0.5, 0.6) is 0 Å². The number of hydrogen-bond donors (Lipinski definition) is 0. The number of nitrogens with zero attached hydrogens (tertiary/aromatic N) is 1. The third-order valence-electron chi connectivity index (χ3n) is 2.36. The highest BCUT2D eigenvalue weighted by atomic mass is 19.3. The standard InChI is InChI=1S/C10H19F2NO/c1-10(2,3)7-13-5-4-8(13)6-14-9(11)12/h8-9H,4-7H2,1-3H3. The second-order valence-electron chi connectivity index (χ2n) is 5.07. The summed E-state index contributed by atoms with van der Waals surface area (Å²) in [7, 11) is 0. The lowest BCUT2D eigenvalue weighted by Crippen LogP contribution is -2.53. The molecule has 1 saturated heterocycles. The molecular weight excluding hydrogens is 188 g/mol. The van der Waals surface area contributed by atoms with E-state index in [0.29, 0.717) is 0 Å². The highest BCUT2D eigenvalue weighted by Gasteiger charge is 2.31. The molecule has 1 heterocycles. The molecule has 0 amide bonds. The molecule has 2 nitrogen and oxygen atoms in total. The molecule has 0 aliphatic carbocycles. The average Bonchev–Trinajstić information content (AvgIpc) is 1.96. The van der Waals surface area contributed by atoms with Crippen molar-refractivity contribution in [3.8, 4) is 0 Å². The Balaban J connectivity index is 2.22. The molecule has 0 spiro atoms. The van der Waals surface area contributed by atoms with Gasteiger partial charge in [0.05, 0.1) is 6.61 Å². The molecule has 14 heavy (non-hydrogen) atoms. The van der Waals surface area contributed by atoms with Crippen LogP contribution in [-0.4, -0.2) is 37.2 Å². The summed E-state index contributed by atoms with van der Waals surface area (Å²) < 4.78 is 27.9. The second-order valence-corrected chi connectivity index (χ2v) is 5.07. The third-order valence-corrected chi connectivity index (χ3v) is 2.36. The highest BCUT2D eigenvalue weighted by molar-refractivity contribution is 4.85. The maximum Gasteiger partial charge on any atom is 0.345 e. The van der Waals surface area contributed by atoms with Gasteiger partial charge in [0.15, 0.2) is 0 Å². The number of likely N-dealkylation sites (tertiary alicyclic amines) is 1. The summed E-state index contributed by atoms with van der Waals surface area (Å²) in [5.74, 6) is 0. The van der Waals surface area contributed by atoms with E-state index in [1.165, 1.54) is 0 Å². The molecule has 4 heteroatoms. The quantitative estimate of drug-likeness (QED) is 0.701. The molecule has 1 rings (SSSR count). The van der Waals surface area contributed by atoms with E-state index in [4.69, 9.17) is 0 Å². The first-order chi connectivity index (χ1) is 6.38. The van der Waals surface area contributed by atoms with E-state index in [9.17, 15) is 8.78 Å². The number of rotatable bonds is 4. The van der Waals surface area contributed by atoms with E-state index in [-0.39, 0.29) is 18.1 Å². The SMILES string of the molecule is CC(C)(C)CN1CCC1COC(F)F. The lowest BCUT2D eigenvalue weighted by molar-refractivity contribution is -0.152.